The van der Waals surface area contributed by atoms with Crippen LogP contribution in [-0.4, -0.2) is 19.6 Å². The molecule has 5 heteroatoms. The van der Waals surface area contributed by atoms with Gasteiger partial charge in [0.2, 0.25) is 0 Å². The molecule has 1 amide bonds. The summed E-state index contributed by atoms with van der Waals surface area (Å²) >= 11 is 3.53. The number of nitrogens with one attached hydrogen (secondary N) is 1. The van der Waals surface area contributed by atoms with E-state index in [1.165, 1.54) is 14.6 Å². The Balaban J connectivity index is 1.56. The molecule has 1 N–H and O–H groups in total. The van der Waals surface area contributed by atoms with Crippen LogP contribution >= 0.6 is 22.7 Å². The molecule has 0 aliphatic carbocycles. The van der Waals surface area contributed by atoms with Gasteiger partial charge in [0, 0.05) is 21.2 Å². The fraction of sp³-hybridized carbons (Fsp3) is 0.167. The Morgan fingerprint density at radius 3 is 2.74 bits per heavy atom. The zero-order valence-electron chi connectivity index (χ0n) is 12.7. The van der Waals surface area contributed by atoms with E-state index in [-0.39, 0.29) is 5.91 Å². The van der Waals surface area contributed by atoms with Crippen molar-refractivity contribution in [3.63, 3.8) is 0 Å². The first-order valence-electron chi connectivity index (χ1n) is 7.32. The van der Waals surface area contributed by atoms with E-state index in [4.69, 9.17) is 4.74 Å². The predicted molar refractivity (Wildman–Crippen MR) is 96.7 cm³/mol. The van der Waals surface area contributed by atoms with E-state index in [0.29, 0.717) is 17.9 Å². The van der Waals surface area contributed by atoms with Gasteiger partial charge in [0.05, 0.1) is 12.7 Å². The maximum absolute atomic E-state index is 12.2. The number of carbonyl (C=O) groups is 1. The summed E-state index contributed by atoms with van der Waals surface area (Å²) in [4.78, 5) is 16.1. The van der Waals surface area contributed by atoms with Crippen LogP contribution in [0.3, 0.4) is 0 Å². The number of thiophene rings is 2. The molecule has 2 aromatic heterocycles. The van der Waals surface area contributed by atoms with E-state index >= 15 is 0 Å². The number of ether oxygens (including phenoxy) is 1. The smallest absolute Gasteiger partial charge is 0.255 e. The molecule has 0 radical (unpaired) electrons. The molecule has 118 valence electrons. The highest BCUT2D eigenvalue weighted by atomic mass is 32.1. The van der Waals surface area contributed by atoms with Crippen LogP contribution in [0.2, 0.25) is 0 Å². The number of hydrogen-bond acceptors (Lipinski definition) is 4. The minimum Gasteiger partial charge on any atom is -0.496 e. The molecule has 23 heavy (non-hydrogen) atoms. The van der Waals surface area contributed by atoms with E-state index in [0.717, 1.165) is 6.42 Å². The molecule has 3 nitrogen and oxygen atoms in total. The summed E-state index contributed by atoms with van der Waals surface area (Å²) < 4.78 is 5.22. The second kappa shape index (κ2) is 7.44. The van der Waals surface area contributed by atoms with Crippen molar-refractivity contribution in [3.8, 4) is 15.5 Å². The third-order valence-electron chi connectivity index (χ3n) is 3.43. The van der Waals surface area contributed by atoms with Crippen molar-refractivity contribution < 1.29 is 9.53 Å². The maximum atomic E-state index is 12.2. The lowest BCUT2D eigenvalue weighted by atomic mass is 10.2. The molecule has 0 bridgehead atoms. The fourth-order valence-electron chi connectivity index (χ4n) is 2.29. The van der Waals surface area contributed by atoms with Crippen molar-refractivity contribution in [2.45, 2.75) is 6.42 Å². The highest BCUT2D eigenvalue weighted by molar-refractivity contribution is 7.21. The summed E-state index contributed by atoms with van der Waals surface area (Å²) in [7, 11) is 1.57. The van der Waals surface area contributed by atoms with Gasteiger partial charge in [-0.3, -0.25) is 4.79 Å². The standard InChI is InChI=1S/C18H17NO2S2/c1-21-15-6-3-2-5-14(15)18(20)19-11-10-13-8-9-17(23-13)16-7-4-12-22-16/h2-9,12H,10-11H2,1H3,(H,19,20). The second-order valence-corrected chi connectivity index (χ2v) is 7.07. The summed E-state index contributed by atoms with van der Waals surface area (Å²) in [6.45, 7) is 0.612. The Kier molecular flexibility index (Phi) is 5.10. The summed E-state index contributed by atoms with van der Waals surface area (Å²) in [6, 6.07) is 15.7. The highest BCUT2D eigenvalue weighted by Gasteiger charge is 2.11. The number of benzene rings is 1. The molecule has 0 aliphatic heterocycles. The van der Waals surface area contributed by atoms with E-state index in [2.05, 4.69) is 35.0 Å². The number of methoxy groups -OCH3 is 1. The summed E-state index contributed by atoms with van der Waals surface area (Å²) in [6.07, 6.45) is 0.830. The van der Waals surface area contributed by atoms with Crippen LogP contribution < -0.4 is 10.1 Å². The normalized spacial score (nSPS) is 10.5. The monoisotopic (exact) mass is 343 g/mol. The van der Waals surface area contributed by atoms with Crippen LogP contribution in [-0.2, 0) is 6.42 Å². The zero-order chi connectivity index (χ0) is 16.1. The van der Waals surface area contributed by atoms with Crippen molar-refractivity contribution >= 4 is 28.6 Å². The first kappa shape index (κ1) is 15.8. The first-order chi connectivity index (χ1) is 11.3. The summed E-state index contributed by atoms with van der Waals surface area (Å²) in [5, 5.41) is 5.04. The number of para-hydroxylation sites is 1. The number of hydrogen-bond donors (Lipinski definition) is 1. The van der Waals surface area contributed by atoms with Gasteiger partial charge < -0.3 is 10.1 Å². The summed E-state index contributed by atoms with van der Waals surface area (Å²) in [5.74, 6) is 0.499. The molecule has 0 fully saturated rings. The molecule has 3 aromatic rings. The number of carbonyl (C=O) groups excluding carboxylic acids is 1. The van der Waals surface area contributed by atoms with Gasteiger partial charge in [-0.25, -0.2) is 0 Å². The molecular formula is C18H17NO2S2. The van der Waals surface area contributed by atoms with Crippen LogP contribution in [0, 0.1) is 0 Å². The van der Waals surface area contributed by atoms with Crippen LogP contribution in [0.1, 0.15) is 15.2 Å². The average Bonchev–Trinajstić information content (AvgIpc) is 3.26. The molecule has 3 rings (SSSR count). The zero-order valence-corrected chi connectivity index (χ0v) is 14.4. The molecular weight excluding hydrogens is 326 g/mol. The van der Waals surface area contributed by atoms with Gasteiger partial charge in [0.1, 0.15) is 5.75 Å². The Bertz CT molecular complexity index is 778. The third kappa shape index (κ3) is 3.81. The molecule has 0 aliphatic rings. The molecule has 0 unspecified atom stereocenters. The lowest BCUT2D eigenvalue weighted by Gasteiger charge is -2.08. The Morgan fingerprint density at radius 2 is 1.96 bits per heavy atom. The Morgan fingerprint density at radius 1 is 1.09 bits per heavy atom. The molecule has 2 heterocycles. The topological polar surface area (TPSA) is 38.3 Å². The number of amides is 1. The quantitative estimate of drug-likeness (QED) is 0.718. The van der Waals surface area contributed by atoms with Gasteiger partial charge in [-0.2, -0.15) is 0 Å². The van der Waals surface area contributed by atoms with Crippen molar-refractivity contribution in [1.29, 1.82) is 0 Å². The van der Waals surface area contributed by atoms with Crippen molar-refractivity contribution in [1.82, 2.24) is 5.32 Å². The molecule has 0 saturated carbocycles. The van der Waals surface area contributed by atoms with Crippen LogP contribution in [0.4, 0.5) is 0 Å². The van der Waals surface area contributed by atoms with E-state index in [9.17, 15) is 4.79 Å². The lowest BCUT2D eigenvalue weighted by Crippen LogP contribution is -2.25. The molecule has 0 atom stereocenters. The Labute approximate surface area is 143 Å². The van der Waals surface area contributed by atoms with E-state index in [1.807, 2.05) is 12.1 Å². The fourth-order valence-corrected chi connectivity index (χ4v) is 4.13. The largest absolute Gasteiger partial charge is 0.496 e. The van der Waals surface area contributed by atoms with Gasteiger partial charge in [-0.05, 0) is 42.1 Å². The second-order valence-electron chi connectivity index (χ2n) is 4.95. The predicted octanol–water partition coefficient (Wildman–Crippen LogP) is 4.46. The molecule has 0 spiro atoms. The maximum Gasteiger partial charge on any atom is 0.255 e. The van der Waals surface area contributed by atoms with Crippen LogP contribution in [0.5, 0.6) is 5.75 Å². The Hall–Kier alpha value is -2.11. The van der Waals surface area contributed by atoms with Crippen molar-refractivity contribution in [2.24, 2.45) is 0 Å². The van der Waals surface area contributed by atoms with Gasteiger partial charge in [-0.1, -0.05) is 18.2 Å². The van der Waals surface area contributed by atoms with Gasteiger partial charge in [0.15, 0.2) is 0 Å². The van der Waals surface area contributed by atoms with Gasteiger partial charge >= 0.3 is 0 Å². The number of rotatable bonds is 6. The van der Waals surface area contributed by atoms with E-state index in [1.54, 1.807) is 41.9 Å². The van der Waals surface area contributed by atoms with Gasteiger partial charge in [0.25, 0.3) is 5.91 Å². The molecule has 1 aromatic carbocycles. The van der Waals surface area contributed by atoms with Crippen molar-refractivity contribution in [2.75, 3.05) is 13.7 Å². The highest BCUT2D eigenvalue weighted by Crippen LogP contribution is 2.31. The first-order valence-corrected chi connectivity index (χ1v) is 9.01. The molecule has 0 saturated heterocycles. The van der Waals surface area contributed by atoms with Crippen molar-refractivity contribution in [3.05, 3.63) is 64.4 Å². The van der Waals surface area contributed by atoms with Gasteiger partial charge in [-0.15, -0.1) is 22.7 Å². The summed E-state index contributed by atoms with van der Waals surface area (Å²) in [5.41, 5.74) is 0.570. The lowest BCUT2D eigenvalue weighted by molar-refractivity contribution is 0.0951. The van der Waals surface area contributed by atoms with Crippen LogP contribution in [0.25, 0.3) is 9.75 Å². The minimum atomic E-state index is -0.0995. The average molecular weight is 343 g/mol. The minimum absolute atomic E-state index is 0.0995. The van der Waals surface area contributed by atoms with Crippen LogP contribution in [0.15, 0.2) is 53.9 Å². The SMILES string of the molecule is COc1ccccc1C(=O)NCCc1ccc(-c2cccs2)s1. The third-order valence-corrected chi connectivity index (χ3v) is 5.64. The van der Waals surface area contributed by atoms with E-state index < -0.39 is 0 Å².